The first-order chi connectivity index (χ1) is 40.2. The number of nitrogens with zero attached hydrogens (tertiary/aromatic N) is 5. The molecule has 1 spiro atoms. The van der Waals surface area contributed by atoms with Crippen LogP contribution >= 0.6 is 0 Å². The first-order valence-corrected chi connectivity index (χ1v) is 28.6. The minimum Gasteiger partial charge on any atom is -0.310 e. The Morgan fingerprint density at radius 2 is 0.732 bits per heavy atom. The summed E-state index contributed by atoms with van der Waals surface area (Å²) in [5, 5.41) is 2.34. The highest BCUT2D eigenvalue weighted by Crippen LogP contribution is 2.67. The molecule has 3 heterocycles. The first-order valence-electron chi connectivity index (χ1n) is 28.6. The summed E-state index contributed by atoms with van der Waals surface area (Å²) >= 11 is 0. The molecule has 0 saturated heterocycles. The molecule has 13 aromatic rings. The zero-order valence-corrected chi connectivity index (χ0v) is 46.1. The Bertz CT molecular complexity index is 4770. The number of pyridine rings is 2. The van der Waals surface area contributed by atoms with E-state index in [2.05, 4.69) is 289 Å². The lowest BCUT2D eigenvalue weighted by Crippen LogP contribution is -2.26. The standard InChI is InChI=1S/C77H55N5/c1-75(2)63-25-13-8-22-56(63)60-44-51(31-34-65(60)75)80(49-36-40-78-41-37-49)53-30-33-58-62-47-70-72(59-24-12-17-29-69(59)77(70)67-27-15-10-20-54(67)55-21-11-16-28-68(55)77)74(73(62)82(71(58)46-53)48-18-6-5-7-19-48)81(50-38-42-79-43-39-50)52-32-35-66-61(45-52)57-23-9-14-26-64(57)76(66,3)4/h5-47H,1-4H3. The minimum absolute atomic E-state index is 0.119. The van der Waals surface area contributed by atoms with Gasteiger partial charge in [0.15, 0.2) is 0 Å². The van der Waals surface area contributed by atoms with Gasteiger partial charge in [0.2, 0.25) is 0 Å². The van der Waals surface area contributed by atoms with Crippen molar-refractivity contribution in [2.24, 2.45) is 0 Å². The van der Waals surface area contributed by atoms with Crippen LogP contribution in [0.25, 0.3) is 72.0 Å². The summed E-state index contributed by atoms with van der Waals surface area (Å²) < 4.78 is 2.56. The van der Waals surface area contributed by atoms with E-state index in [4.69, 9.17) is 0 Å². The van der Waals surface area contributed by atoms with Crippen LogP contribution in [-0.2, 0) is 16.2 Å². The highest BCUT2D eigenvalue weighted by atomic mass is 15.2. The molecule has 10 aromatic carbocycles. The molecule has 0 fully saturated rings. The van der Waals surface area contributed by atoms with Gasteiger partial charge in [-0.25, -0.2) is 0 Å². The molecule has 0 unspecified atom stereocenters. The minimum atomic E-state index is -0.618. The number of para-hydroxylation sites is 1. The van der Waals surface area contributed by atoms with E-state index < -0.39 is 5.41 Å². The van der Waals surface area contributed by atoms with Crippen molar-refractivity contribution in [2.75, 3.05) is 9.80 Å². The van der Waals surface area contributed by atoms with Crippen molar-refractivity contribution in [1.82, 2.24) is 14.5 Å². The Morgan fingerprint density at radius 3 is 1.28 bits per heavy atom. The highest BCUT2D eigenvalue weighted by molar-refractivity contribution is 6.20. The molecule has 5 heteroatoms. The van der Waals surface area contributed by atoms with Crippen molar-refractivity contribution in [3.63, 3.8) is 0 Å². The topological polar surface area (TPSA) is 37.2 Å². The second kappa shape index (κ2) is 17.0. The van der Waals surface area contributed by atoms with Crippen molar-refractivity contribution >= 4 is 55.9 Å². The van der Waals surface area contributed by atoms with Crippen molar-refractivity contribution in [3.8, 4) is 50.2 Å². The number of aromatic nitrogens is 3. The number of rotatable bonds is 7. The van der Waals surface area contributed by atoms with Gasteiger partial charge in [-0.3, -0.25) is 9.97 Å². The molecule has 0 radical (unpaired) electrons. The SMILES string of the molecule is CC1(C)c2ccccc2-c2cc(N(c3ccncc3)c3ccc4c5cc6c(c(N(c7ccncc7)c7ccc8c(c7)-c7ccccc7C8(C)C)c5n(-c5ccccc5)c4c3)-c3ccccc3C63c4ccccc4-c4ccccc43)ccc21. The Hall–Kier alpha value is -10.1. The van der Waals surface area contributed by atoms with Gasteiger partial charge in [-0.15, -0.1) is 0 Å². The van der Waals surface area contributed by atoms with E-state index in [0.717, 1.165) is 56.2 Å². The third-order valence-electron chi connectivity index (χ3n) is 19.0. The summed E-state index contributed by atoms with van der Waals surface area (Å²) in [5.74, 6) is 0. The van der Waals surface area contributed by atoms with Crippen molar-refractivity contribution in [3.05, 3.63) is 306 Å². The van der Waals surface area contributed by atoms with Gasteiger partial charge in [0.05, 0.1) is 22.1 Å². The lowest BCUT2D eigenvalue weighted by molar-refractivity contribution is 0.660. The normalized spacial score (nSPS) is 14.6. The Kier molecular flexibility index (Phi) is 9.68. The first kappa shape index (κ1) is 46.8. The predicted molar refractivity (Wildman–Crippen MR) is 337 cm³/mol. The fourth-order valence-electron chi connectivity index (χ4n) is 15.4. The van der Waals surface area contributed by atoms with E-state index in [-0.39, 0.29) is 10.8 Å². The highest BCUT2D eigenvalue weighted by Gasteiger charge is 2.53. The lowest BCUT2D eigenvalue weighted by atomic mass is 9.70. The van der Waals surface area contributed by atoms with Gasteiger partial charge in [0, 0.05) is 86.1 Å². The lowest BCUT2D eigenvalue weighted by Gasteiger charge is -2.33. The van der Waals surface area contributed by atoms with Crippen LogP contribution < -0.4 is 9.80 Å². The van der Waals surface area contributed by atoms with Crippen LogP contribution in [0.1, 0.15) is 72.2 Å². The van der Waals surface area contributed by atoms with Crippen LogP contribution in [0.3, 0.4) is 0 Å². The van der Waals surface area contributed by atoms with Gasteiger partial charge in [0.1, 0.15) is 0 Å². The molecule has 388 valence electrons. The number of fused-ring (bicyclic) bond motifs is 19. The van der Waals surface area contributed by atoms with Gasteiger partial charge >= 0.3 is 0 Å². The Morgan fingerprint density at radius 1 is 0.317 bits per heavy atom. The molecule has 0 aliphatic heterocycles. The quantitative estimate of drug-likeness (QED) is 0.159. The maximum atomic E-state index is 4.67. The van der Waals surface area contributed by atoms with E-state index in [1.54, 1.807) is 0 Å². The molecular formula is C77H55N5. The van der Waals surface area contributed by atoms with Gasteiger partial charge in [-0.05, 0) is 162 Å². The maximum absolute atomic E-state index is 4.67. The molecule has 3 aromatic heterocycles. The van der Waals surface area contributed by atoms with Crippen LogP contribution in [-0.4, -0.2) is 14.5 Å². The summed E-state index contributed by atoms with van der Waals surface area (Å²) in [6.45, 7) is 9.43. The molecule has 4 aliphatic carbocycles. The fraction of sp³-hybridized carbons (Fsp3) is 0.0909. The smallest absolute Gasteiger partial charge is 0.0791 e. The zero-order valence-electron chi connectivity index (χ0n) is 46.1. The van der Waals surface area contributed by atoms with Gasteiger partial charge in [-0.2, -0.15) is 0 Å². The molecule has 0 bridgehead atoms. The number of hydrogen-bond acceptors (Lipinski definition) is 4. The molecule has 0 N–H and O–H groups in total. The van der Waals surface area contributed by atoms with Gasteiger partial charge in [0.25, 0.3) is 0 Å². The molecule has 0 saturated carbocycles. The monoisotopic (exact) mass is 1050 g/mol. The maximum Gasteiger partial charge on any atom is 0.0791 e. The van der Waals surface area contributed by atoms with Crippen LogP contribution in [0.2, 0.25) is 0 Å². The molecule has 0 atom stereocenters. The van der Waals surface area contributed by atoms with Crippen molar-refractivity contribution in [2.45, 2.75) is 43.9 Å². The van der Waals surface area contributed by atoms with Crippen molar-refractivity contribution < 1.29 is 0 Å². The average Bonchev–Trinajstić information content (AvgIpc) is 2.16. The molecule has 82 heavy (non-hydrogen) atoms. The predicted octanol–water partition coefficient (Wildman–Crippen LogP) is 19.5. The average molecular weight is 1050 g/mol. The third-order valence-corrected chi connectivity index (χ3v) is 19.0. The fourth-order valence-corrected chi connectivity index (χ4v) is 15.4. The van der Waals surface area contributed by atoms with E-state index in [9.17, 15) is 0 Å². The van der Waals surface area contributed by atoms with Crippen molar-refractivity contribution in [1.29, 1.82) is 0 Å². The van der Waals surface area contributed by atoms with E-state index >= 15 is 0 Å². The zero-order chi connectivity index (χ0) is 54.6. The van der Waals surface area contributed by atoms with E-state index in [0.29, 0.717) is 0 Å². The molecule has 4 aliphatic rings. The second-order valence-corrected chi connectivity index (χ2v) is 23.7. The van der Waals surface area contributed by atoms with Crippen LogP contribution in [0.5, 0.6) is 0 Å². The summed E-state index contributed by atoms with van der Waals surface area (Å²) in [5.41, 5.74) is 29.4. The summed E-state index contributed by atoms with van der Waals surface area (Å²) in [6, 6.07) is 89.1. The molecule has 5 nitrogen and oxygen atoms in total. The summed E-state index contributed by atoms with van der Waals surface area (Å²) in [7, 11) is 0. The van der Waals surface area contributed by atoms with E-state index in [1.165, 1.54) is 94.4 Å². The third kappa shape index (κ3) is 6.17. The number of benzene rings is 10. The van der Waals surface area contributed by atoms with Crippen LogP contribution in [0.4, 0.5) is 34.1 Å². The van der Waals surface area contributed by atoms with Gasteiger partial charge < -0.3 is 14.4 Å². The number of anilines is 6. The Labute approximate surface area is 477 Å². The second-order valence-electron chi connectivity index (χ2n) is 23.7. The van der Waals surface area contributed by atoms with Gasteiger partial charge in [-0.1, -0.05) is 185 Å². The summed E-state index contributed by atoms with van der Waals surface area (Å²) in [4.78, 5) is 14.2. The van der Waals surface area contributed by atoms with Crippen LogP contribution in [0.15, 0.2) is 261 Å². The van der Waals surface area contributed by atoms with Crippen LogP contribution in [0, 0.1) is 0 Å². The molecule has 17 rings (SSSR count). The summed E-state index contributed by atoms with van der Waals surface area (Å²) in [6.07, 6.45) is 7.69. The Balaban J connectivity index is 1.02. The molecule has 0 amide bonds. The molecular weight excluding hydrogens is 995 g/mol. The number of hydrogen-bond donors (Lipinski definition) is 0. The largest absolute Gasteiger partial charge is 0.310 e. The van der Waals surface area contributed by atoms with E-state index in [1.807, 2.05) is 24.8 Å².